The van der Waals surface area contributed by atoms with Crippen LogP contribution >= 0.6 is 23.1 Å². The van der Waals surface area contributed by atoms with Crippen molar-refractivity contribution < 1.29 is 4.74 Å². The number of pyridine rings is 1. The Morgan fingerprint density at radius 1 is 1.19 bits per heavy atom. The Hall–Kier alpha value is -1.48. The molecule has 0 amide bonds. The molecule has 0 spiro atoms. The van der Waals surface area contributed by atoms with Gasteiger partial charge in [-0.2, -0.15) is 0 Å². The third kappa shape index (κ3) is 4.53. The average molecular weight is 460 g/mol. The van der Waals surface area contributed by atoms with Gasteiger partial charge in [0.25, 0.3) is 0 Å². The fourth-order valence-corrected chi connectivity index (χ4v) is 5.65. The van der Waals surface area contributed by atoms with Crippen LogP contribution in [0, 0.1) is 0 Å². The lowest BCUT2D eigenvalue weighted by atomic mass is 9.87. The van der Waals surface area contributed by atoms with Crippen LogP contribution in [0.25, 0.3) is 20.4 Å². The first kappa shape index (κ1) is 22.7. The van der Waals surface area contributed by atoms with Gasteiger partial charge >= 0.3 is 0 Å². The number of hydrogen-bond donors (Lipinski definition) is 1. The Labute approximate surface area is 193 Å². The summed E-state index contributed by atoms with van der Waals surface area (Å²) >= 11 is 3.31. The number of ether oxygens (including phenoxy) is 1. The van der Waals surface area contributed by atoms with Gasteiger partial charge in [0.15, 0.2) is 5.16 Å². The van der Waals surface area contributed by atoms with Crippen LogP contribution in [0.2, 0.25) is 0 Å². The number of rotatable bonds is 7. The molecule has 0 radical (unpaired) electrons. The molecule has 0 unspecified atom stereocenters. The Bertz CT molecular complexity index is 1110. The third-order valence-electron chi connectivity index (χ3n) is 5.71. The molecule has 3 aromatic heterocycles. The summed E-state index contributed by atoms with van der Waals surface area (Å²) in [7, 11) is 4.21. The second-order valence-corrected chi connectivity index (χ2v) is 11.2. The molecule has 168 valence electrons. The number of nitrogens with one attached hydrogen (secondary N) is 1. The number of aromatic nitrogens is 3. The normalized spacial score (nSPS) is 15.9. The van der Waals surface area contributed by atoms with Crippen molar-refractivity contribution in [1.29, 1.82) is 0 Å². The van der Waals surface area contributed by atoms with Gasteiger partial charge in [0.1, 0.15) is 10.6 Å². The Morgan fingerprint density at radius 2 is 1.97 bits per heavy atom. The Balaban J connectivity index is 1.90. The SMILES string of the molecule is CSc1nc(NCCCN(C)C)c2sc3nc(C(C)C)c4c(c3c2n1)CC(C)(C)OC4. The maximum Gasteiger partial charge on any atom is 0.189 e. The predicted molar refractivity (Wildman–Crippen MR) is 133 cm³/mol. The molecule has 0 saturated heterocycles. The molecule has 8 heteroatoms. The van der Waals surface area contributed by atoms with Crippen LogP contribution in [0.4, 0.5) is 5.82 Å². The van der Waals surface area contributed by atoms with Crippen molar-refractivity contribution in [3.63, 3.8) is 0 Å². The van der Waals surface area contributed by atoms with Gasteiger partial charge in [0.05, 0.1) is 28.1 Å². The highest BCUT2D eigenvalue weighted by atomic mass is 32.2. The number of hydrogen-bond acceptors (Lipinski definition) is 8. The molecular weight excluding hydrogens is 426 g/mol. The average Bonchev–Trinajstić information content (AvgIpc) is 3.08. The summed E-state index contributed by atoms with van der Waals surface area (Å²) in [5.41, 5.74) is 4.62. The number of thioether (sulfide) groups is 1. The van der Waals surface area contributed by atoms with E-state index in [4.69, 9.17) is 19.7 Å². The van der Waals surface area contributed by atoms with Crippen molar-refractivity contribution in [2.75, 3.05) is 38.8 Å². The summed E-state index contributed by atoms with van der Waals surface area (Å²) in [6, 6.07) is 0. The molecule has 0 bridgehead atoms. The minimum Gasteiger partial charge on any atom is -0.370 e. The molecule has 0 aliphatic carbocycles. The Kier molecular flexibility index (Phi) is 6.45. The highest BCUT2D eigenvalue weighted by Crippen LogP contribution is 2.43. The molecule has 4 rings (SSSR count). The summed E-state index contributed by atoms with van der Waals surface area (Å²) in [5, 5.41) is 5.58. The smallest absolute Gasteiger partial charge is 0.189 e. The van der Waals surface area contributed by atoms with Crippen LogP contribution in [0.1, 0.15) is 56.9 Å². The maximum absolute atomic E-state index is 6.18. The molecule has 1 aliphatic rings. The summed E-state index contributed by atoms with van der Waals surface area (Å²) in [6.45, 7) is 11.3. The van der Waals surface area contributed by atoms with Crippen LogP contribution in [0.5, 0.6) is 0 Å². The van der Waals surface area contributed by atoms with E-state index in [0.717, 1.165) is 57.6 Å². The van der Waals surface area contributed by atoms with Crippen LogP contribution in [-0.4, -0.2) is 58.9 Å². The molecular formula is C23H33N5OS2. The van der Waals surface area contributed by atoms with E-state index in [0.29, 0.717) is 12.5 Å². The Morgan fingerprint density at radius 3 is 2.65 bits per heavy atom. The molecule has 0 saturated carbocycles. The van der Waals surface area contributed by atoms with E-state index in [-0.39, 0.29) is 5.60 Å². The van der Waals surface area contributed by atoms with Crippen LogP contribution in [-0.2, 0) is 17.8 Å². The molecule has 1 N–H and O–H groups in total. The van der Waals surface area contributed by atoms with Crippen LogP contribution in [0.3, 0.4) is 0 Å². The molecule has 1 aliphatic heterocycles. The zero-order valence-electron chi connectivity index (χ0n) is 19.6. The van der Waals surface area contributed by atoms with Crippen molar-refractivity contribution in [2.45, 2.75) is 63.8 Å². The van der Waals surface area contributed by atoms with E-state index in [1.807, 2.05) is 6.26 Å². The fraction of sp³-hybridized carbons (Fsp3) is 0.609. The first-order valence-corrected chi connectivity index (χ1v) is 13.0. The standard InChI is InChI=1S/C23H33N5OS2/c1-13(2)17-15-12-29-23(3,4)11-14(15)16-18-19(31-21(16)25-17)20(27-22(26-18)30-7)24-9-8-10-28(5)6/h13H,8-12H2,1-7H3,(H,24,26,27). The van der Waals surface area contributed by atoms with E-state index >= 15 is 0 Å². The van der Waals surface area contributed by atoms with Gasteiger partial charge in [-0.05, 0) is 58.6 Å². The molecule has 4 heterocycles. The zero-order chi connectivity index (χ0) is 22.3. The number of fused-ring (bicyclic) bond motifs is 5. The number of anilines is 1. The van der Waals surface area contributed by atoms with Crippen LogP contribution in [0.15, 0.2) is 5.16 Å². The summed E-state index contributed by atoms with van der Waals surface area (Å²) < 4.78 is 7.29. The summed E-state index contributed by atoms with van der Waals surface area (Å²) in [5.74, 6) is 1.28. The lowest BCUT2D eigenvalue weighted by Crippen LogP contribution is -2.32. The fourth-order valence-electron chi connectivity index (χ4n) is 4.17. The lowest BCUT2D eigenvalue weighted by molar-refractivity contribution is -0.0402. The molecule has 0 aromatic carbocycles. The monoisotopic (exact) mass is 459 g/mol. The lowest BCUT2D eigenvalue weighted by Gasteiger charge is -2.33. The molecule has 0 fully saturated rings. The largest absolute Gasteiger partial charge is 0.370 e. The van der Waals surface area contributed by atoms with E-state index in [1.54, 1.807) is 23.1 Å². The van der Waals surface area contributed by atoms with Gasteiger partial charge in [0, 0.05) is 23.9 Å². The topological polar surface area (TPSA) is 63.2 Å². The van der Waals surface area contributed by atoms with Crippen molar-refractivity contribution in [2.24, 2.45) is 0 Å². The first-order valence-electron chi connectivity index (χ1n) is 10.9. The van der Waals surface area contributed by atoms with E-state index in [2.05, 4.69) is 52.0 Å². The molecule has 6 nitrogen and oxygen atoms in total. The highest BCUT2D eigenvalue weighted by Gasteiger charge is 2.32. The number of nitrogens with zero attached hydrogens (tertiary/aromatic N) is 4. The van der Waals surface area contributed by atoms with Crippen molar-refractivity contribution in [1.82, 2.24) is 19.9 Å². The minimum absolute atomic E-state index is 0.188. The minimum atomic E-state index is -0.188. The summed E-state index contributed by atoms with van der Waals surface area (Å²) in [6.07, 6.45) is 3.97. The molecule has 31 heavy (non-hydrogen) atoms. The summed E-state index contributed by atoms with van der Waals surface area (Å²) in [4.78, 5) is 18.2. The van der Waals surface area contributed by atoms with E-state index in [9.17, 15) is 0 Å². The van der Waals surface area contributed by atoms with Crippen molar-refractivity contribution in [3.8, 4) is 0 Å². The van der Waals surface area contributed by atoms with Gasteiger partial charge in [0.2, 0.25) is 0 Å². The second kappa shape index (κ2) is 8.81. The van der Waals surface area contributed by atoms with Gasteiger partial charge in [-0.1, -0.05) is 25.6 Å². The van der Waals surface area contributed by atoms with Gasteiger partial charge in [-0.25, -0.2) is 15.0 Å². The number of thiophene rings is 1. The van der Waals surface area contributed by atoms with Crippen molar-refractivity contribution in [3.05, 3.63) is 16.8 Å². The highest BCUT2D eigenvalue weighted by molar-refractivity contribution is 7.98. The van der Waals surface area contributed by atoms with Gasteiger partial charge in [-0.15, -0.1) is 11.3 Å². The zero-order valence-corrected chi connectivity index (χ0v) is 21.3. The van der Waals surface area contributed by atoms with Gasteiger partial charge < -0.3 is 15.0 Å². The molecule has 0 atom stereocenters. The van der Waals surface area contributed by atoms with E-state index < -0.39 is 0 Å². The maximum atomic E-state index is 6.18. The predicted octanol–water partition coefficient (Wildman–Crippen LogP) is 5.30. The molecule has 3 aromatic rings. The first-order chi connectivity index (χ1) is 14.7. The second-order valence-electron chi connectivity index (χ2n) is 9.44. The van der Waals surface area contributed by atoms with E-state index in [1.165, 1.54) is 16.5 Å². The quantitative estimate of drug-likeness (QED) is 0.292. The van der Waals surface area contributed by atoms with Gasteiger partial charge in [-0.3, -0.25) is 0 Å². The van der Waals surface area contributed by atoms with Crippen molar-refractivity contribution >= 4 is 49.3 Å². The van der Waals surface area contributed by atoms with Crippen LogP contribution < -0.4 is 5.32 Å². The third-order valence-corrected chi connectivity index (χ3v) is 7.33.